The summed E-state index contributed by atoms with van der Waals surface area (Å²) in [5.41, 5.74) is 3.89. The van der Waals surface area contributed by atoms with Crippen molar-refractivity contribution in [2.75, 3.05) is 29.1 Å². The number of para-hydroxylation sites is 2. The average molecular weight is 381 g/mol. The van der Waals surface area contributed by atoms with Gasteiger partial charge in [0.2, 0.25) is 11.8 Å². The molecule has 0 bridgehead atoms. The first-order valence-electron chi connectivity index (χ1n) is 9.19. The number of anilines is 3. The topological polar surface area (TPSA) is 79.5 Å². The average Bonchev–Trinajstić information content (AvgIpc) is 2.67. The van der Waals surface area contributed by atoms with E-state index in [1.165, 1.54) is 0 Å². The zero-order valence-corrected chi connectivity index (χ0v) is 16.6. The molecule has 0 saturated carbocycles. The molecule has 0 aliphatic heterocycles. The summed E-state index contributed by atoms with van der Waals surface area (Å²) in [7, 11) is 0. The number of rotatable bonds is 9. The van der Waals surface area contributed by atoms with Gasteiger partial charge in [0.25, 0.3) is 0 Å². The Morgan fingerprint density at radius 2 is 1.79 bits per heavy atom. The van der Waals surface area contributed by atoms with Gasteiger partial charge in [-0.3, -0.25) is 9.59 Å². The lowest BCUT2D eigenvalue weighted by atomic mass is 10.1. The van der Waals surface area contributed by atoms with Gasteiger partial charge in [-0.05, 0) is 49.2 Å². The van der Waals surface area contributed by atoms with E-state index < -0.39 is 0 Å². The Hall–Kier alpha value is -3.28. The van der Waals surface area contributed by atoms with Crippen LogP contribution in [0, 0.1) is 6.92 Å². The van der Waals surface area contributed by atoms with Crippen molar-refractivity contribution in [1.29, 1.82) is 0 Å². The van der Waals surface area contributed by atoms with Crippen LogP contribution >= 0.6 is 0 Å². The first kappa shape index (κ1) is 21.0. The zero-order valence-electron chi connectivity index (χ0n) is 16.6. The Morgan fingerprint density at radius 3 is 2.50 bits per heavy atom. The first-order valence-corrected chi connectivity index (χ1v) is 9.19. The number of benzene rings is 2. The van der Waals surface area contributed by atoms with Crippen molar-refractivity contribution in [3.63, 3.8) is 0 Å². The lowest BCUT2D eigenvalue weighted by Crippen LogP contribution is -2.22. The molecule has 0 heterocycles. The van der Waals surface area contributed by atoms with E-state index in [-0.39, 0.29) is 18.4 Å². The van der Waals surface area contributed by atoms with Crippen LogP contribution in [0.2, 0.25) is 0 Å². The van der Waals surface area contributed by atoms with Crippen molar-refractivity contribution < 1.29 is 14.3 Å². The highest BCUT2D eigenvalue weighted by atomic mass is 16.5. The summed E-state index contributed by atoms with van der Waals surface area (Å²) < 4.78 is 5.69. The molecular formula is C22H27N3O3. The standard InChI is InChI=1S/C22H27N3O3/c1-5-21(26)25-19-12-17(11-10-16(19)4)24-22(27)13-23-18-8-6-7-9-20(18)28-14-15(2)3/h6-12,23H,2,5,13-14H2,1,3-4H3,(H,24,27)(H,25,26). The van der Waals surface area contributed by atoms with Crippen LogP contribution < -0.4 is 20.7 Å². The van der Waals surface area contributed by atoms with E-state index in [0.29, 0.717) is 30.2 Å². The lowest BCUT2D eigenvalue weighted by molar-refractivity contribution is -0.116. The maximum Gasteiger partial charge on any atom is 0.243 e. The van der Waals surface area contributed by atoms with E-state index in [0.717, 1.165) is 16.8 Å². The number of amides is 2. The SMILES string of the molecule is C=C(C)COc1ccccc1NCC(=O)Nc1ccc(C)c(NC(=O)CC)c1. The highest BCUT2D eigenvalue weighted by Gasteiger charge is 2.08. The molecule has 2 amide bonds. The van der Waals surface area contributed by atoms with Crippen molar-refractivity contribution in [2.24, 2.45) is 0 Å². The molecule has 0 atom stereocenters. The Bertz CT molecular complexity index is 862. The maximum atomic E-state index is 12.3. The van der Waals surface area contributed by atoms with Crippen molar-refractivity contribution in [2.45, 2.75) is 27.2 Å². The molecular weight excluding hydrogens is 354 g/mol. The molecule has 0 aromatic heterocycles. The van der Waals surface area contributed by atoms with Crippen LogP contribution in [-0.2, 0) is 9.59 Å². The third kappa shape index (κ3) is 6.46. The summed E-state index contributed by atoms with van der Waals surface area (Å²) in [6.07, 6.45) is 0.396. The van der Waals surface area contributed by atoms with Gasteiger partial charge in [0.05, 0.1) is 12.2 Å². The third-order valence-electron chi connectivity index (χ3n) is 3.92. The fraction of sp³-hybridized carbons (Fsp3) is 0.273. The fourth-order valence-electron chi connectivity index (χ4n) is 2.39. The summed E-state index contributed by atoms with van der Waals surface area (Å²) in [5, 5.41) is 8.75. The predicted molar refractivity (Wildman–Crippen MR) is 114 cm³/mol. The monoisotopic (exact) mass is 381 g/mol. The van der Waals surface area contributed by atoms with Gasteiger partial charge >= 0.3 is 0 Å². The van der Waals surface area contributed by atoms with Gasteiger partial charge in [0, 0.05) is 17.8 Å². The number of hydrogen-bond donors (Lipinski definition) is 3. The number of nitrogens with one attached hydrogen (secondary N) is 3. The second kappa shape index (κ2) is 10.2. The van der Waals surface area contributed by atoms with Gasteiger partial charge in [-0.2, -0.15) is 0 Å². The van der Waals surface area contributed by atoms with Crippen molar-refractivity contribution in [3.8, 4) is 5.75 Å². The number of carbonyl (C=O) groups excluding carboxylic acids is 2. The molecule has 0 aliphatic carbocycles. The van der Waals surface area contributed by atoms with Crippen molar-refractivity contribution >= 4 is 28.9 Å². The van der Waals surface area contributed by atoms with Crippen LogP contribution in [0.15, 0.2) is 54.6 Å². The van der Waals surface area contributed by atoms with E-state index in [9.17, 15) is 9.59 Å². The molecule has 0 fully saturated rings. The molecule has 0 aliphatic rings. The third-order valence-corrected chi connectivity index (χ3v) is 3.92. The lowest BCUT2D eigenvalue weighted by Gasteiger charge is -2.14. The normalized spacial score (nSPS) is 10.1. The Kier molecular flexibility index (Phi) is 7.63. The van der Waals surface area contributed by atoms with Crippen molar-refractivity contribution in [3.05, 3.63) is 60.2 Å². The molecule has 0 spiro atoms. The Morgan fingerprint density at radius 1 is 1.04 bits per heavy atom. The maximum absolute atomic E-state index is 12.3. The molecule has 6 nitrogen and oxygen atoms in total. The van der Waals surface area contributed by atoms with Gasteiger partial charge in [0.1, 0.15) is 12.4 Å². The predicted octanol–water partition coefficient (Wildman–Crippen LogP) is 4.35. The van der Waals surface area contributed by atoms with E-state index in [2.05, 4.69) is 22.5 Å². The smallest absolute Gasteiger partial charge is 0.243 e. The van der Waals surface area contributed by atoms with E-state index >= 15 is 0 Å². The van der Waals surface area contributed by atoms with Gasteiger partial charge in [-0.25, -0.2) is 0 Å². The molecule has 3 N–H and O–H groups in total. The molecule has 0 unspecified atom stereocenters. The van der Waals surface area contributed by atoms with Crippen molar-refractivity contribution in [1.82, 2.24) is 0 Å². The molecule has 0 saturated heterocycles. The molecule has 0 radical (unpaired) electrons. The van der Waals surface area contributed by atoms with Crippen LogP contribution in [0.1, 0.15) is 25.8 Å². The summed E-state index contributed by atoms with van der Waals surface area (Å²) in [6.45, 7) is 9.91. The molecule has 6 heteroatoms. The highest BCUT2D eigenvalue weighted by molar-refractivity contribution is 5.96. The Balaban J connectivity index is 1.97. The molecule has 28 heavy (non-hydrogen) atoms. The molecule has 2 aromatic carbocycles. The number of carbonyl (C=O) groups is 2. The molecule has 2 rings (SSSR count). The van der Waals surface area contributed by atoms with Gasteiger partial charge in [-0.15, -0.1) is 0 Å². The van der Waals surface area contributed by atoms with Gasteiger partial charge in [-0.1, -0.05) is 31.7 Å². The van der Waals surface area contributed by atoms with Gasteiger partial charge < -0.3 is 20.7 Å². The van der Waals surface area contributed by atoms with E-state index in [1.54, 1.807) is 19.1 Å². The van der Waals surface area contributed by atoms with Crippen LogP contribution in [0.3, 0.4) is 0 Å². The summed E-state index contributed by atoms with van der Waals surface area (Å²) in [4.78, 5) is 23.9. The number of ether oxygens (including phenoxy) is 1. The quantitative estimate of drug-likeness (QED) is 0.564. The Labute approximate surface area is 166 Å². The highest BCUT2D eigenvalue weighted by Crippen LogP contribution is 2.24. The van der Waals surface area contributed by atoms with E-state index in [4.69, 9.17) is 4.74 Å². The minimum atomic E-state index is -0.202. The summed E-state index contributed by atoms with van der Waals surface area (Å²) in [5.74, 6) is 0.393. The van der Waals surface area contributed by atoms with Crippen LogP contribution in [0.4, 0.5) is 17.1 Å². The molecule has 148 valence electrons. The molecule has 2 aromatic rings. The second-order valence-electron chi connectivity index (χ2n) is 6.58. The van der Waals surface area contributed by atoms with Crippen LogP contribution in [0.25, 0.3) is 0 Å². The van der Waals surface area contributed by atoms with E-state index in [1.807, 2.05) is 44.2 Å². The summed E-state index contributed by atoms with van der Waals surface area (Å²) in [6, 6.07) is 12.9. The summed E-state index contributed by atoms with van der Waals surface area (Å²) >= 11 is 0. The minimum Gasteiger partial charge on any atom is -0.487 e. The number of hydrogen-bond acceptors (Lipinski definition) is 4. The van der Waals surface area contributed by atoms with Gasteiger partial charge in [0.15, 0.2) is 0 Å². The first-order chi connectivity index (χ1) is 13.4. The number of aryl methyl sites for hydroxylation is 1. The zero-order chi connectivity index (χ0) is 20.5. The second-order valence-corrected chi connectivity index (χ2v) is 6.58. The van der Waals surface area contributed by atoms with Crippen LogP contribution in [-0.4, -0.2) is 25.0 Å². The largest absolute Gasteiger partial charge is 0.487 e. The fourth-order valence-corrected chi connectivity index (χ4v) is 2.39. The minimum absolute atomic E-state index is 0.0698. The van der Waals surface area contributed by atoms with Crippen LogP contribution in [0.5, 0.6) is 5.75 Å².